The van der Waals surface area contributed by atoms with Gasteiger partial charge in [0.25, 0.3) is 0 Å². The number of H-pyrrole nitrogens is 1. The number of halogens is 1. The van der Waals surface area contributed by atoms with E-state index in [2.05, 4.69) is 53.3 Å². The lowest BCUT2D eigenvalue weighted by atomic mass is 9.82. The molecule has 34 heavy (non-hydrogen) atoms. The molecule has 3 aromatic rings. The van der Waals surface area contributed by atoms with Crippen LogP contribution in [0.4, 0.5) is 0 Å². The van der Waals surface area contributed by atoms with E-state index < -0.39 is 0 Å². The first-order valence-corrected chi connectivity index (χ1v) is 13.1. The number of amides is 1. The van der Waals surface area contributed by atoms with Gasteiger partial charge in [-0.05, 0) is 54.5 Å². The van der Waals surface area contributed by atoms with Gasteiger partial charge in [0.1, 0.15) is 0 Å². The van der Waals surface area contributed by atoms with Crippen LogP contribution in [0.3, 0.4) is 0 Å². The van der Waals surface area contributed by atoms with Gasteiger partial charge in [-0.25, -0.2) is 0 Å². The van der Waals surface area contributed by atoms with Gasteiger partial charge in [0.2, 0.25) is 5.91 Å². The quantitative estimate of drug-likeness (QED) is 0.442. The summed E-state index contributed by atoms with van der Waals surface area (Å²) in [7, 11) is 0. The van der Waals surface area contributed by atoms with Crippen LogP contribution in [0.1, 0.15) is 78.9 Å². The number of aryl methyl sites for hydroxylation is 1. The molecule has 4 nitrogen and oxygen atoms in total. The Morgan fingerprint density at radius 3 is 2.53 bits per heavy atom. The van der Waals surface area contributed by atoms with E-state index >= 15 is 0 Å². The average molecular weight is 476 g/mol. The number of benzene rings is 2. The predicted octanol–water partition coefficient (Wildman–Crippen LogP) is 6.51. The summed E-state index contributed by atoms with van der Waals surface area (Å²) in [6.07, 6.45) is 7.23. The summed E-state index contributed by atoms with van der Waals surface area (Å²) in [5, 5.41) is 8.72. The minimum absolute atomic E-state index is 0.205. The Bertz CT molecular complexity index is 1120. The maximum Gasteiger partial charge on any atom is 0.225 e. The number of hydrogen-bond acceptors (Lipinski definition) is 2. The third-order valence-corrected chi connectivity index (χ3v) is 8.10. The van der Waals surface area contributed by atoms with Gasteiger partial charge in [0.05, 0.1) is 5.69 Å². The molecule has 2 fully saturated rings. The molecule has 1 saturated carbocycles. The second-order valence-corrected chi connectivity index (χ2v) is 10.4. The number of likely N-dealkylation sites (tertiary alicyclic amines) is 1. The van der Waals surface area contributed by atoms with E-state index in [-0.39, 0.29) is 11.8 Å². The molecule has 1 saturated heterocycles. The van der Waals surface area contributed by atoms with Crippen LogP contribution in [0.5, 0.6) is 0 Å². The minimum atomic E-state index is 0.205. The molecule has 1 amide bonds. The molecule has 2 heterocycles. The molecule has 5 heteroatoms. The van der Waals surface area contributed by atoms with Crippen LogP contribution >= 0.6 is 11.6 Å². The van der Waals surface area contributed by atoms with Crippen LogP contribution in [0.15, 0.2) is 54.6 Å². The normalized spacial score (nSPS) is 21.2. The third kappa shape index (κ3) is 5.07. The molecule has 1 N–H and O–H groups in total. The topological polar surface area (TPSA) is 49.0 Å². The highest BCUT2D eigenvalue weighted by Crippen LogP contribution is 2.38. The fourth-order valence-corrected chi connectivity index (χ4v) is 5.92. The van der Waals surface area contributed by atoms with Gasteiger partial charge in [-0.15, -0.1) is 0 Å². The highest BCUT2D eigenvalue weighted by Gasteiger charge is 2.36. The van der Waals surface area contributed by atoms with E-state index in [0.29, 0.717) is 11.8 Å². The zero-order valence-electron chi connectivity index (χ0n) is 20.0. The summed E-state index contributed by atoms with van der Waals surface area (Å²) in [5.41, 5.74) is 5.90. The monoisotopic (exact) mass is 475 g/mol. The Labute approximate surface area is 207 Å². The van der Waals surface area contributed by atoms with Crippen LogP contribution in [0.2, 0.25) is 5.02 Å². The van der Waals surface area contributed by atoms with Gasteiger partial charge in [0.15, 0.2) is 0 Å². The van der Waals surface area contributed by atoms with E-state index in [9.17, 15) is 4.79 Å². The maximum atomic E-state index is 13.4. The van der Waals surface area contributed by atoms with Crippen LogP contribution in [0, 0.1) is 5.92 Å². The number of rotatable bonds is 6. The molecule has 2 atom stereocenters. The molecule has 5 rings (SSSR count). The van der Waals surface area contributed by atoms with Crippen molar-refractivity contribution in [2.24, 2.45) is 5.92 Å². The van der Waals surface area contributed by atoms with Crippen LogP contribution < -0.4 is 0 Å². The van der Waals surface area contributed by atoms with Crippen molar-refractivity contribution < 1.29 is 4.79 Å². The summed E-state index contributed by atoms with van der Waals surface area (Å²) < 4.78 is 0. The standard InChI is InChI=1S/C29H34ClN3O/c1-2-20-11-13-21(14-12-20)24-15-25(19-33(18-24)29(34)22-7-3-4-8-22)28-17-26(31-32-28)16-23-9-5-6-10-27(23)30/h5-6,9-14,17,22,24-25H,2-4,7-8,15-16,18-19H2,1H3,(H,31,32). The highest BCUT2D eigenvalue weighted by molar-refractivity contribution is 6.31. The van der Waals surface area contributed by atoms with Crippen molar-refractivity contribution >= 4 is 17.5 Å². The van der Waals surface area contributed by atoms with E-state index in [1.165, 1.54) is 24.0 Å². The largest absolute Gasteiger partial charge is 0.341 e. The van der Waals surface area contributed by atoms with Crippen LogP contribution in [-0.4, -0.2) is 34.1 Å². The molecule has 2 aromatic carbocycles. The lowest BCUT2D eigenvalue weighted by Gasteiger charge is -2.38. The van der Waals surface area contributed by atoms with Crippen molar-refractivity contribution in [3.05, 3.63) is 87.7 Å². The van der Waals surface area contributed by atoms with Crippen molar-refractivity contribution in [1.29, 1.82) is 0 Å². The Hall–Kier alpha value is -2.59. The van der Waals surface area contributed by atoms with Gasteiger partial charge in [-0.3, -0.25) is 9.89 Å². The maximum absolute atomic E-state index is 13.4. The summed E-state index contributed by atoms with van der Waals surface area (Å²) in [4.78, 5) is 15.6. The summed E-state index contributed by atoms with van der Waals surface area (Å²) in [6.45, 7) is 3.76. The van der Waals surface area contributed by atoms with Gasteiger partial charge in [-0.2, -0.15) is 5.10 Å². The molecular weight excluding hydrogens is 442 g/mol. The molecular formula is C29H34ClN3O. The summed E-state index contributed by atoms with van der Waals surface area (Å²) in [5.74, 6) is 1.12. The number of aromatic amines is 1. The highest BCUT2D eigenvalue weighted by atomic mass is 35.5. The number of nitrogens with one attached hydrogen (secondary N) is 1. The second kappa shape index (κ2) is 10.4. The van der Waals surface area contributed by atoms with Gasteiger partial charge in [-0.1, -0.05) is 73.8 Å². The SMILES string of the molecule is CCc1ccc(C2CC(c3cc(Cc4ccccc4Cl)[nH]n3)CN(C(=O)C3CCCC3)C2)cc1. The number of hydrogen-bond donors (Lipinski definition) is 1. The summed E-state index contributed by atoms with van der Waals surface area (Å²) in [6, 6.07) is 19.1. The molecule has 1 aliphatic heterocycles. The zero-order chi connectivity index (χ0) is 23.5. The van der Waals surface area contributed by atoms with E-state index in [1.54, 1.807) is 0 Å². The van der Waals surface area contributed by atoms with Gasteiger partial charge < -0.3 is 4.90 Å². The Morgan fingerprint density at radius 1 is 1.06 bits per heavy atom. The van der Waals surface area contributed by atoms with Crippen molar-refractivity contribution in [2.45, 2.75) is 63.7 Å². The lowest BCUT2D eigenvalue weighted by molar-refractivity contribution is -0.137. The smallest absolute Gasteiger partial charge is 0.225 e. The van der Waals surface area contributed by atoms with Gasteiger partial charge >= 0.3 is 0 Å². The number of piperidine rings is 1. The van der Waals surface area contributed by atoms with Crippen molar-refractivity contribution in [3.63, 3.8) is 0 Å². The molecule has 0 radical (unpaired) electrons. The fraction of sp³-hybridized carbons (Fsp3) is 0.448. The van der Waals surface area contributed by atoms with Crippen LogP contribution in [0.25, 0.3) is 0 Å². The van der Waals surface area contributed by atoms with Crippen LogP contribution in [-0.2, 0) is 17.6 Å². The molecule has 1 aliphatic carbocycles. The molecule has 178 valence electrons. The molecule has 0 bridgehead atoms. The Balaban J connectivity index is 1.38. The summed E-state index contributed by atoms with van der Waals surface area (Å²) >= 11 is 6.38. The van der Waals surface area contributed by atoms with E-state index in [1.807, 2.05) is 18.2 Å². The predicted molar refractivity (Wildman–Crippen MR) is 137 cm³/mol. The first kappa shape index (κ1) is 23.2. The Kier molecular flexibility index (Phi) is 7.05. The Morgan fingerprint density at radius 2 is 1.79 bits per heavy atom. The molecule has 0 spiro atoms. The minimum Gasteiger partial charge on any atom is -0.341 e. The number of carbonyl (C=O) groups is 1. The zero-order valence-corrected chi connectivity index (χ0v) is 20.7. The molecule has 1 aromatic heterocycles. The average Bonchev–Trinajstić information content (AvgIpc) is 3.58. The van der Waals surface area contributed by atoms with Crippen molar-refractivity contribution in [1.82, 2.24) is 15.1 Å². The first-order valence-electron chi connectivity index (χ1n) is 12.8. The van der Waals surface area contributed by atoms with Crippen molar-refractivity contribution in [3.8, 4) is 0 Å². The lowest BCUT2D eigenvalue weighted by Crippen LogP contribution is -2.44. The number of aromatic nitrogens is 2. The van der Waals surface area contributed by atoms with Gasteiger partial charge in [0, 0.05) is 48.0 Å². The number of carbonyl (C=O) groups excluding carboxylic acids is 1. The van der Waals surface area contributed by atoms with E-state index in [0.717, 1.165) is 67.2 Å². The van der Waals surface area contributed by atoms with E-state index in [4.69, 9.17) is 16.7 Å². The second-order valence-electron chi connectivity index (χ2n) is 10.0. The fourth-order valence-electron chi connectivity index (χ4n) is 5.72. The van der Waals surface area contributed by atoms with Crippen molar-refractivity contribution in [2.75, 3.05) is 13.1 Å². The molecule has 2 aliphatic rings. The number of nitrogens with zero attached hydrogens (tertiary/aromatic N) is 2. The first-order chi connectivity index (χ1) is 16.6. The third-order valence-electron chi connectivity index (χ3n) is 7.73. The molecule has 2 unspecified atom stereocenters.